The van der Waals surface area contributed by atoms with E-state index in [1.165, 1.54) is 13.8 Å². The van der Waals surface area contributed by atoms with Crippen LogP contribution in [0.2, 0.25) is 0 Å². The van der Waals surface area contributed by atoms with Crippen molar-refractivity contribution in [1.29, 1.82) is 0 Å². The van der Waals surface area contributed by atoms with Gasteiger partial charge >= 0.3 is 5.97 Å². The minimum absolute atomic E-state index is 0.427. The number of aliphatic carboxylic acids is 1. The lowest BCUT2D eigenvalue weighted by molar-refractivity contribution is -0.152. The quantitative estimate of drug-likeness (QED) is 0.553. The van der Waals surface area contributed by atoms with Gasteiger partial charge in [-0.05, 0) is 69.3 Å². The second kappa shape index (κ2) is 8.90. The van der Waals surface area contributed by atoms with Crippen molar-refractivity contribution in [1.82, 2.24) is 4.98 Å². The standard InChI is InChI=1S/C23H25NO6/c1-15-20(24-21(29-15)16-5-7-17(27-4)8-6-16)13-14-28-18-9-11-19(12-10-18)30-23(2,3)22(25)26/h5-12H,13-14H2,1-4H3,(H,25,26). The van der Waals surface area contributed by atoms with Gasteiger partial charge in [-0.15, -0.1) is 0 Å². The van der Waals surface area contributed by atoms with E-state index in [1.54, 1.807) is 31.4 Å². The monoisotopic (exact) mass is 411 g/mol. The number of carbonyl (C=O) groups is 1. The molecular formula is C23H25NO6. The maximum Gasteiger partial charge on any atom is 0.347 e. The number of hydrogen-bond acceptors (Lipinski definition) is 6. The largest absolute Gasteiger partial charge is 0.497 e. The normalized spacial score (nSPS) is 11.2. The molecule has 30 heavy (non-hydrogen) atoms. The van der Waals surface area contributed by atoms with Gasteiger partial charge < -0.3 is 23.7 Å². The predicted molar refractivity (Wildman–Crippen MR) is 111 cm³/mol. The number of carboxylic acid groups (broad SMARTS) is 1. The first-order valence-electron chi connectivity index (χ1n) is 9.54. The highest BCUT2D eigenvalue weighted by Gasteiger charge is 2.29. The fourth-order valence-electron chi connectivity index (χ4n) is 2.72. The molecule has 1 heterocycles. The Bertz CT molecular complexity index is 990. The van der Waals surface area contributed by atoms with Crippen molar-refractivity contribution in [3.8, 4) is 28.7 Å². The highest BCUT2D eigenvalue weighted by molar-refractivity contribution is 5.76. The van der Waals surface area contributed by atoms with E-state index in [9.17, 15) is 4.79 Å². The zero-order chi connectivity index (χ0) is 21.7. The lowest BCUT2D eigenvalue weighted by Gasteiger charge is -2.21. The van der Waals surface area contributed by atoms with Crippen molar-refractivity contribution in [2.75, 3.05) is 13.7 Å². The van der Waals surface area contributed by atoms with Crippen LogP contribution < -0.4 is 14.2 Å². The smallest absolute Gasteiger partial charge is 0.347 e. The summed E-state index contributed by atoms with van der Waals surface area (Å²) < 4.78 is 22.2. The Hall–Kier alpha value is -3.48. The predicted octanol–water partition coefficient (Wildman–Crippen LogP) is 4.52. The number of aryl methyl sites for hydroxylation is 1. The molecule has 0 radical (unpaired) electrons. The summed E-state index contributed by atoms with van der Waals surface area (Å²) in [5.74, 6) is 2.19. The van der Waals surface area contributed by atoms with Crippen LogP contribution in [0.1, 0.15) is 25.3 Å². The second-order valence-corrected chi connectivity index (χ2v) is 7.24. The van der Waals surface area contributed by atoms with Crippen molar-refractivity contribution in [2.45, 2.75) is 32.8 Å². The van der Waals surface area contributed by atoms with Gasteiger partial charge in [-0.3, -0.25) is 0 Å². The molecule has 0 atom stereocenters. The summed E-state index contributed by atoms with van der Waals surface area (Å²) in [7, 11) is 1.62. The lowest BCUT2D eigenvalue weighted by atomic mass is 10.1. The first-order chi connectivity index (χ1) is 14.3. The molecule has 3 rings (SSSR count). The number of rotatable bonds is 9. The second-order valence-electron chi connectivity index (χ2n) is 7.24. The van der Waals surface area contributed by atoms with Crippen LogP contribution in [0.15, 0.2) is 52.9 Å². The van der Waals surface area contributed by atoms with Crippen LogP contribution in [0.5, 0.6) is 17.2 Å². The zero-order valence-corrected chi connectivity index (χ0v) is 17.5. The number of benzene rings is 2. The molecule has 0 aliphatic heterocycles. The molecule has 0 unspecified atom stereocenters. The highest BCUT2D eigenvalue weighted by atomic mass is 16.5. The minimum atomic E-state index is -1.30. The van der Waals surface area contributed by atoms with Crippen molar-refractivity contribution in [2.24, 2.45) is 0 Å². The van der Waals surface area contributed by atoms with Crippen LogP contribution in [0.4, 0.5) is 0 Å². The molecule has 0 aliphatic carbocycles. The van der Waals surface area contributed by atoms with Gasteiger partial charge in [0.25, 0.3) is 0 Å². The van der Waals surface area contributed by atoms with Crippen LogP contribution in [0.3, 0.4) is 0 Å². The van der Waals surface area contributed by atoms with E-state index in [4.69, 9.17) is 23.7 Å². The van der Waals surface area contributed by atoms with Gasteiger partial charge in [-0.25, -0.2) is 9.78 Å². The lowest BCUT2D eigenvalue weighted by Crippen LogP contribution is -2.37. The summed E-state index contributed by atoms with van der Waals surface area (Å²) in [5.41, 5.74) is 0.420. The molecule has 7 nitrogen and oxygen atoms in total. The first-order valence-corrected chi connectivity index (χ1v) is 9.54. The number of methoxy groups -OCH3 is 1. The fraction of sp³-hybridized carbons (Fsp3) is 0.304. The molecule has 158 valence electrons. The topological polar surface area (TPSA) is 91.0 Å². The van der Waals surface area contributed by atoms with Crippen molar-refractivity contribution in [3.05, 3.63) is 60.0 Å². The van der Waals surface area contributed by atoms with E-state index < -0.39 is 11.6 Å². The summed E-state index contributed by atoms with van der Waals surface area (Å²) >= 11 is 0. The summed E-state index contributed by atoms with van der Waals surface area (Å²) in [6.45, 7) is 5.31. The summed E-state index contributed by atoms with van der Waals surface area (Å²) in [4.78, 5) is 15.7. The average Bonchev–Trinajstić information content (AvgIpc) is 3.09. The Morgan fingerprint density at radius 2 is 1.63 bits per heavy atom. The average molecular weight is 411 g/mol. The van der Waals surface area contributed by atoms with Gasteiger partial charge in [0.05, 0.1) is 19.4 Å². The number of oxazole rings is 1. The Kier molecular flexibility index (Phi) is 6.30. The number of nitrogens with zero attached hydrogens (tertiary/aromatic N) is 1. The Balaban J connectivity index is 1.56. The zero-order valence-electron chi connectivity index (χ0n) is 17.5. The molecule has 0 aliphatic rings. The maximum atomic E-state index is 11.1. The van der Waals surface area contributed by atoms with E-state index in [0.29, 0.717) is 30.4 Å². The van der Waals surface area contributed by atoms with Gasteiger partial charge in [0.15, 0.2) is 5.60 Å². The fourth-order valence-corrected chi connectivity index (χ4v) is 2.72. The van der Waals surface area contributed by atoms with E-state index in [2.05, 4.69) is 4.98 Å². The van der Waals surface area contributed by atoms with Crippen LogP contribution in [0, 0.1) is 6.92 Å². The van der Waals surface area contributed by atoms with Crippen LogP contribution in [0.25, 0.3) is 11.5 Å². The molecule has 0 spiro atoms. The van der Waals surface area contributed by atoms with Crippen molar-refractivity contribution >= 4 is 5.97 Å². The van der Waals surface area contributed by atoms with Gasteiger partial charge in [-0.2, -0.15) is 0 Å². The molecule has 0 bridgehead atoms. The minimum Gasteiger partial charge on any atom is -0.497 e. The number of carboxylic acids is 1. The summed E-state index contributed by atoms with van der Waals surface area (Å²) in [6.07, 6.45) is 0.593. The first kappa shape index (κ1) is 21.2. The molecule has 1 aromatic heterocycles. The van der Waals surface area contributed by atoms with Gasteiger partial charge in [0.1, 0.15) is 23.0 Å². The van der Waals surface area contributed by atoms with Crippen molar-refractivity contribution in [3.63, 3.8) is 0 Å². The molecule has 3 aromatic rings. The van der Waals surface area contributed by atoms with Crippen LogP contribution in [-0.2, 0) is 11.2 Å². The van der Waals surface area contributed by atoms with Crippen LogP contribution >= 0.6 is 0 Å². The van der Waals surface area contributed by atoms with Crippen LogP contribution in [-0.4, -0.2) is 35.4 Å². The van der Waals surface area contributed by atoms with Gasteiger partial charge in [0.2, 0.25) is 5.89 Å². The van der Waals surface area contributed by atoms with Crippen molar-refractivity contribution < 1.29 is 28.5 Å². The molecular weight excluding hydrogens is 386 g/mol. The van der Waals surface area contributed by atoms with Gasteiger partial charge in [0, 0.05) is 12.0 Å². The molecule has 0 amide bonds. The van der Waals surface area contributed by atoms with E-state index in [-0.39, 0.29) is 0 Å². The third-order valence-electron chi connectivity index (χ3n) is 4.55. The Morgan fingerprint density at radius 1 is 1.03 bits per heavy atom. The number of hydrogen-bond donors (Lipinski definition) is 1. The molecule has 0 fully saturated rings. The molecule has 0 saturated carbocycles. The van der Waals surface area contributed by atoms with E-state index >= 15 is 0 Å². The molecule has 2 aromatic carbocycles. The van der Waals surface area contributed by atoms with Gasteiger partial charge in [-0.1, -0.05) is 0 Å². The Labute approximate surface area is 175 Å². The van der Waals surface area contributed by atoms with E-state index in [0.717, 1.165) is 22.8 Å². The number of ether oxygens (including phenoxy) is 3. The molecule has 7 heteroatoms. The van der Waals surface area contributed by atoms with E-state index in [1.807, 2.05) is 31.2 Å². The SMILES string of the molecule is COc1ccc(-c2nc(CCOc3ccc(OC(C)(C)C(=O)O)cc3)c(C)o2)cc1. The molecule has 0 saturated heterocycles. The number of aromatic nitrogens is 1. The third kappa shape index (κ3) is 5.11. The third-order valence-corrected chi connectivity index (χ3v) is 4.55. The summed E-state index contributed by atoms with van der Waals surface area (Å²) in [6, 6.07) is 14.4. The highest BCUT2D eigenvalue weighted by Crippen LogP contribution is 2.25. The summed E-state index contributed by atoms with van der Waals surface area (Å²) in [5, 5.41) is 9.13. The Morgan fingerprint density at radius 3 is 2.23 bits per heavy atom. The maximum absolute atomic E-state index is 11.1. The molecule has 1 N–H and O–H groups in total.